The first-order chi connectivity index (χ1) is 18.4. The summed E-state index contributed by atoms with van der Waals surface area (Å²) in [5.41, 5.74) is 6.87. The number of hydrogen-bond donors (Lipinski definition) is 1. The van der Waals surface area contributed by atoms with E-state index in [0.717, 1.165) is 46.4 Å². The molecule has 0 saturated heterocycles. The van der Waals surface area contributed by atoms with Crippen LogP contribution in [0, 0.1) is 23.7 Å². The van der Waals surface area contributed by atoms with Gasteiger partial charge in [-0.05, 0) is 94.0 Å². The highest BCUT2D eigenvalue weighted by atomic mass is 15.3. The van der Waals surface area contributed by atoms with Crippen molar-refractivity contribution >= 4 is 22.9 Å². The van der Waals surface area contributed by atoms with Crippen molar-refractivity contribution in [3.05, 3.63) is 41.7 Å². The number of nitriles is 1. The molecular weight excluding hydrogens is 468 g/mol. The second kappa shape index (κ2) is 13.6. The average molecular weight is 515 g/mol. The van der Waals surface area contributed by atoms with Gasteiger partial charge >= 0.3 is 0 Å². The van der Waals surface area contributed by atoms with E-state index in [0.29, 0.717) is 23.1 Å². The molecule has 1 aromatic carbocycles. The number of nitrogens with zero attached hydrogens (tertiary/aromatic N) is 5. The van der Waals surface area contributed by atoms with Crippen LogP contribution in [0.4, 0.5) is 11.6 Å². The second-order valence-electron chi connectivity index (χ2n) is 10.8. The maximum absolute atomic E-state index is 9.86. The van der Waals surface area contributed by atoms with Gasteiger partial charge in [0.1, 0.15) is 11.6 Å². The molecule has 0 aliphatic heterocycles. The van der Waals surface area contributed by atoms with Crippen molar-refractivity contribution in [2.75, 3.05) is 5.32 Å². The minimum atomic E-state index is 0.387. The standard InChI is InChI=1S/C26H30N6.C4H10.C2H6/c1-17(2)28-22-6-5-19(15-18(22)3)21-9-14-32-24(21)23(16-27)30-25(31-32)29-20-7-12-26(13-8-20)10-4-11-26;1-3-4-2;1-2/h5-6,9,14-15,20H,4,7-8,10-13H2,1-3H3,(H,29,31);3-4H2,1-2H3;1-2H3. The summed E-state index contributed by atoms with van der Waals surface area (Å²) >= 11 is 0. The number of unbranched alkanes of at least 4 members (excludes halogenated alkanes) is 1. The van der Waals surface area contributed by atoms with E-state index in [2.05, 4.69) is 54.3 Å². The monoisotopic (exact) mass is 514 g/mol. The fourth-order valence-corrected chi connectivity index (χ4v) is 5.32. The molecule has 204 valence electrons. The van der Waals surface area contributed by atoms with Crippen LogP contribution in [0.3, 0.4) is 0 Å². The average Bonchev–Trinajstić information content (AvgIpc) is 3.34. The van der Waals surface area contributed by atoms with Crippen LogP contribution in [0.2, 0.25) is 0 Å². The van der Waals surface area contributed by atoms with Gasteiger partial charge in [0.15, 0.2) is 5.69 Å². The largest absolute Gasteiger partial charge is 0.350 e. The van der Waals surface area contributed by atoms with Gasteiger partial charge < -0.3 is 5.32 Å². The smallest absolute Gasteiger partial charge is 0.242 e. The van der Waals surface area contributed by atoms with Gasteiger partial charge in [-0.3, -0.25) is 4.99 Å². The molecule has 6 nitrogen and oxygen atoms in total. The van der Waals surface area contributed by atoms with E-state index >= 15 is 0 Å². The van der Waals surface area contributed by atoms with Crippen molar-refractivity contribution in [3.63, 3.8) is 0 Å². The molecule has 3 aromatic rings. The lowest BCUT2D eigenvalue weighted by Gasteiger charge is -2.47. The predicted molar refractivity (Wildman–Crippen MR) is 160 cm³/mol. The molecule has 0 radical (unpaired) electrons. The Labute approximate surface area is 229 Å². The zero-order valence-electron chi connectivity index (χ0n) is 24.6. The Morgan fingerprint density at radius 3 is 2.32 bits per heavy atom. The molecule has 2 aliphatic rings. The lowest BCUT2D eigenvalue weighted by Crippen LogP contribution is -2.38. The van der Waals surface area contributed by atoms with Crippen LogP contribution >= 0.6 is 0 Å². The third kappa shape index (κ3) is 6.81. The number of aryl methyl sites for hydroxylation is 1. The number of anilines is 1. The number of rotatable bonds is 5. The SMILES string of the molecule is CC.CC(C)=Nc1ccc(-c2ccn3nc(NC4CCC5(CCC5)CC4)nc(C#N)c23)cc1C.CCCC. The van der Waals surface area contributed by atoms with Crippen LogP contribution in [0.15, 0.2) is 35.5 Å². The van der Waals surface area contributed by atoms with E-state index in [1.54, 1.807) is 4.52 Å². The zero-order chi connectivity index (χ0) is 27.7. The summed E-state index contributed by atoms with van der Waals surface area (Å²) in [7, 11) is 0. The summed E-state index contributed by atoms with van der Waals surface area (Å²) in [5, 5.41) is 18.1. The van der Waals surface area contributed by atoms with E-state index in [9.17, 15) is 5.26 Å². The molecule has 0 atom stereocenters. The van der Waals surface area contributed by atoms with Gasteiger partial charge in [0.2, 0.25) is 5.95 Å². The Balaban J connectivity index is 0.000000612. The fourth-order valence-electron chi connectivity index (χ4n) is 5.32. The first kappa shape index (κ1) is 29.4. The summed E-state index contributed by atoms with van der Waals surface area (Å²) in [4.78, 5) is 9.18. The van der Waals surface area contributed by atoms with Crippen LogP contribution in [-0.4, -0.2) is 26.4 Å². The third-order valence-corrected chi connectivity index (χ3v) is 7.76. The van der Waals surface area contributed by atoms with Crippen LogP contribution in [0.25, 0.3) is 16.6 Å². The molecule has 2 saturated carbocycles. The number of benzene rings is 1. The highest BCUT2D eigenvalue weighted by Gasteiger charge is 2.40. The number of aliphatic imine (C=N–C) groups is 1. The van der Waals surface area contributed by atoms with Gasteiger partial charge in [-0.1, -0.05) is 53.0 Å². The first-order valence-electron chi connectivity index (χ1n) is 14.6. The first-order valence-corrected chi connectivity index (χ1v) is 14.6. The Kier molecular flexibility index (Phi) is 10.5. The lowest BCUT2D eigenvalue weighted by molar-refractivity contribution is 0.0729. The van der Waals surface area contributed by atoms with E-state index in [1.165, 1.54) is 44.9 Å². The minimum absolute atomic E-state index is 0.387. The van der Waals surface area contributed by atoms with Crippen molar-refractivity contribution < 1.29 is 0 Å². The Hall–Kier alpha value is -3.20. The van der Waals surface area contributed by atoms with E-state index < -0.39 is 0 Å². The van der Waals surface area contributed by atoms with Crippen LogP contribution in [0.5, 0.6) is 0 Å². The zero-order valence-corrected chi connectivity index (χ0v) is 24.6. The molecule has 5 rings (SSSR count). The van der Waals surface area contributed by atoms with Gasteiger partial charge in [-0.2, -0.15) is 10.2 Å². The fraction of sp³-hybridized carbons (Fsp3) is 0.562. The maximum atomic E-state index is 9.86. The number of aromatic nitrogens is 3. The van der Waals surface area contributed by atoms with Gasteiger partial charge in [0.05, 0.1) is 5.69 Å². The maximum Gasteiger partial charge on any atom is 0.242 e. The van der Waals surface area contributed by atoms with Gasteiger partial charge in [0.25, 0.3) is 0 Å². The predicted octanol–water partition coefficient (Wildman–Crippen LogP) is 9.05. The van der Waals surface area contributed by atoms with Crippen LogP contribution in [0.1, 0.15) is 111 Å². The van der Waals surface area contributed by atoms with Crippen LogP contribution < -0.4 is 5.32 Å². The quantitative estimate of drug-likeness (QED) is 0.344. The summed E-state index contributed by atoms with van der Waals surface area (Å²) in [6.07, 6.45) is 13.7. The molecule has 2 aromatic heterocycles. The molecule has 1 spiro atoms. The number of hydrogen-bond acceptors (Lipinski definition) is 5. The van der Waals surface area contributed by atoms with Crippen molar-refractivity contribution in [2.24, 2.45) is 10.4 Å². The Morgan fingerprint density at radius 1 is 1.11 bits per heavy atom. The van der Waals surface area contributed by atoms with Gasteiger partial charge in [-0.15, -0.1) is 5.10 Å². The molecule has 0 unspecified atom stereocenters. The van der Waals surface area contributed by atoms with Crippen molar-refractivity contribution in [2.45, 2.75) is 112 Å². The number of fused-ring (bicyclic) bond motifs is 1. The summed E-state index contributed by atoms with van der Waals surface area (Å²) < 4.78 is 1.79. The number of nitrogens with one attached hydrogen (secondary N) is 1. The van der Waals surface area contributed by atoms with E-state index in [1.807, 2.05) is 46.0 Å². The summed E-state index contributed by atoms with van der Waals surface area (Å²) in [6, 6.07) is 10.9. The molecule has 2 aliphatic carbocycles. The Morgan fingerprint density at radius 2 is 1.79 bits per heavy atom. The normalized spacial score (nSPS) is 15.8. The highest BCUT2D eigenvalue weighted by Crippen LogP contribution is 2.51. The highest BCUT2D eigenvalue weighted by molar-refractivity contribution is 5.86. The second-order valence-corrected chi connectivity index (χ2v) is 10.8. The van der Waals surface area contributed by atoms with E-state index in [-0.39, 0.29) is 0 Å². The molecule has 0 bridgehead atoms. The Bertz CT molecular complexity index is 1260. The molecule has 6 heteroatoms. The third-order valence-electron chi connectivity index (χ3n) is 7.76. The molecule has 2 heterocycles. The molecule has 1 N–H and O–H groups in total. The van der Waals surface area contributed by atoms with Crippen molar-refractivity contribution in [1.82, 2.24) is 14.6 Å². The molecule has 38 heavy (non-hydrogen) atoms. The van der Waals surface area contributed by atoms with Gasteiger partial charge in [0, 0.05) is 23.5 Å². The van der Waals surface area contributed by atoms with Crippen molar-refractivity contribution in [3.8, 4) is 17.2 Å². The molecular formula is C32H46N6. The minimum Gasteiger partial charge on any atom is -0.350 e. The molecule has 0 amide bonds. The van der Waals surface area contributed by atoms with Crippen molar-refractivity contribution in [1.29, 1.82) is 5.26 Å². The van der Waals surface area contributed by atoms with Crippen LogP contribution in [-0.2, 0) is 0 Å². The lowest BCUT2D eigenvalue weighted by atomic mass is 9.60. The molecule has 2 fully saturated rings. The topological polar surface area (TPSA) is 78.4 Å². The van der Waals surface area contributed by atoms with Gasteiger partial charge in [-0.25, -0.2) is 4.52 Å². The summed E-state index contributed by atoms with van der Waals surface area (Å²) in [6.45, 7) is 14.4. The summed E-state index contributed by atoms with van der Waals surface area (Å²) in [5.74, 6) is 0.546. The van der Waals surface area contributed by atoms with E-state index in [4.69, 9.17) is 5.10 Å².